The Balaban J connectivity index is 1.47. The van der Waals surface area contributed by atoms with Gasteiger partial charge in [-0.05, 0) is 29.3 Å². The fraction of sp³-hybridized carbons (Fsp3) is 0.286. The number of hydrogen-bond donors (Lipinski definition) is 2. The quantitative estimate of drug-likeness (QED) is 0.452. The number of nitrogens with zero attached hydrogens (tertiary/aromatic N) is 5. The van der Waals surface area contributed by atoms with Gasteiger partial charge in [-0.3, -0.25) is 9.71 Å². The Labute approximate surface area is 192 Å². The smallest absolute Gasteiger partial charge is 0.451 e. The number of aromatic hydroxyl groups is 1. The van der Waals surface area contributed by atoms with Crippen LogP contribution in [0.4, 0.5) is 24.5 Å². The SMILES string of the molecule is CS(=O)(=O)Nc1ccc2c(c1)Cc1c(ncc(N3CCn4c(nnc4C(F)(F)F)C3)c1O)C=C2. The molecule has 0 saturated carbocycles. The van der Waals surface area contributed by atoms with E-state index in [-0.39, 0.29) is 37.6 Å². The molecule has 0 unspecified atom stereocenters. The molecule has 1 aliphatic carbocycles. The molecule has 1 aromatic carbocycles. The molecule has 0 amide bonds. The standard InChI is InChI=1S/C21H19F3N6O3S/c1-34(32,33)28-14-4-2-12-3-5-16-15(9-13(12)8-14)19(31)17(10-25-16)29-6-7-30-18(11-29)26-27-20(30)21(22,23)24/h2-5,8,10,28H,6-7,9,11H2,1H3,(H,25,31). The third-order valence-electron chi connectivity index (χ3n) is 5.75. The van der Waals surface area contributed by atoms with Gasteiger partial charge in [-0.25, -0.2) is 8.42 Å². The van der Waals surface area contributed by atoms with Gasteiger partial charge in [0.25, 0.3) is 0 Å². The van der Waals surface area contributed by atoms with Crippen LogP contribution in [0, 0.1) is 0 Å². The number of anilines is 2. The van der Waals surface area contributed by atoms with Crippen LogP contribution in [0.1, 0.15) is 34.0 Å². The minimum absolute atomic E-state index is 0.0109. The first-order chi connectivity index (χ1) is 16.0. The highest BCUT2D eigenvalue weighted by Gasteiger charge is 2.39. The van der Waals surface area contributed by atoms with Gasteiger partial charge in [0.05, 0.1) is 30.4 Å². The van der Waals surface area contributed by atoms with Gasteiger partial charge >= 0.3 is 6.18 Å². The van der Waals surface area contributed by atoms with Crippen molar-refractivity contribution >= 4 is 33.6 Å². The van der Waals surface area contributed by atoms with Crippen molar-refractivity contribution in [2.45, 2.75) is 25.7 Å². The third kappa shape index (κ3) is 4.06. The van der Waals surface area contributed by atoms with E-state index in [1.807, 2.05) is 6.08 Å². The summed E-state index contributed by atoms with van der Waals surface area (Å²) in [4.78, 5) is 6.17. The maximum atomic E-state index is 13.1. The number of halogens is 3. The van der Waals surface area contributed by atoms with Crippen molar-refractivity contribution in [2.24, 2.45) is 0 Å². The molecular formula is C21H19F3N6O3S. The van der Waals surface area contributed by atoms with Crippen molar-refractivity contribution in [2.75, 3.05) is 22.4 Å². The fourth-order valence-electron chi connectivity index (χ4n) is 4.23. The Morgan fingerprint density at radius 1 is 1.15 bits per heavy atom. The number of fused-ring (bicyclic) bond motifs is 3. The molecule has 2 aliphatic rings. The van der Waals surface area contributed by atoms with Gasteiger partial charge in [-0.1, -0.05) is 12.1 Å². The summed E-state index contributed by atoms with van der Waals surface area (Å²) >= 11 is 0. The molecule has 3 aromatic rings. The first-order valence-corrected chi connectivity index (χ1v) is 12.1. The number of rotatable bonds is 3. The molecule has 2 N–H and O–H groups in total. The Hall–Kier alpha value is -3.61. The van der Waals surface area contributed by atoms with E-state index in [9.17, 15) is 26.7 Å². The van der Waals surface area contributed by atoms with Crippen molar-refractivity contribution in [3.63, 3.8) is 0 Å². The molecule has 13 heteroatoms. The Morgan fingerprint density at radius 2 is 1.94 bits per heavy atom. The number of alkyl halides is 3. The van der Waals surface area contributed by atoms with Crippen LogP contribution in [0.2, 0.25) is 0 Å². The van der Waals surface area contributed by atoms with Crippen molar-refractivity contribution in [1.82, 2.24) is 19.7 Å². The van der Waals surface area contributed by atoms with Crippen LogP contribution in [0.5, 0.6) is 5.75 Å². The second-order valence-corrected chi connectivity index (χ2v) is 9.91. The average Bonchev–Trinajstić information content (AvgIpc) is 3.09. The van der Waals surface area contributed by atoms with Gasteiger partial charge in [0.2, 0.25) is 15.8 Å². The van der Waals surface area contributed by atoms with E-state index >= 15 is 0 Å². The monoisotopic (exact) mass is 492 g/mol. The Kier molecular flexibility index (Phi) is 5.04. The maximum absolute atomic E-state index is 13.1. The minimum Gasteiger partial charge on any atom is -0.505 e. The van der Waals surface area contributed by atoms with E-state index in [0.717, 1.165) is 21.9 Å². The molecule has 3 heterocycles. The molecule has 5 rings (SSSR count). The van der Waals surface area contributed by atoms with Crippen molar-refractivity contribution < 1.29 is 26.7 Å². The first-order valence-electron chi connectivity index (χ1n) is 10.2. The Morgan fingerprint density at radius 3 is 2.68 bits per heavy atom. The maximum Gasteiger partial charge on any atom is 0.451 e. The van der Waals surface area contributed by atoms with Crippen LogP contribution in [-0.2, 0) is 35.7 Å². The zero-order valence-electron chi connectivity index (χ0n) is 17.8. The first kappa shape index (κ1) is 22.2. The second-order valence-electron chi connectivity index (χ2n) is 8.16. The highest BCUT2D eigenvalue weighted by atomic mass is 32.2. The minimum atomic E-state index is -4.59. The lowest BCUT2D eigenvalue weighted by Crippen LogP contribution is -2.35. The van der Waals surface area contributed by atoms with E-state index in [1.54, 1.807) is 29.2 Å². The summed E-state index contributed by atoms with van der Waals surface area (Å²) in [5.41, 5.74) is 3.50. The van der Waals surface area contributed by atoms with Crippen molar-refractivity contribution in [3.8, 4) is 5.75 Å². The lowest BCUT2D eigenvalue weighted by molar-refractivity contribution is -0.147. The summed E-state index contributed by atoms with van der Waals surface area (Å²) in [6.07, 6.45) is 1.84. The fourth-order valence-corrected chi connectivity index (χ4v) is 4.78. The van der Waals surface area contributed by atoms with Gasteiger partial charge < -0.3 is 14.6 Å². The topological polar surface area (TPSA) is 113 Å². The van der Waals surface area contributed by atoms with Crippen LogP contribution in [0.25, 0.3) is 12.2 Å². The van der Waals surface area contributed by atoms with Crippen molar-refractivity contribution in [3.05, 3.63) is 58.4 Å². The molecule has 9 nitrogen and oxygen atoms in total. The van der Waals surface area contributed by atoms with E-state index in [4.69, 9.17) is 0 Å². The largest absolute Gasteiger partial charge is 0.505 e. The zero-order chi connectivity index (χ0) is 24.3. The molecule has 2 aromatic heterocycles. The number of pyridine rings is 1. The van der Waals surface area contributed by atoms with Crippen LogP contribution in [0.3, 0.4) is 0 Å². The molecular weight excluding hydrogens is 473 g/mol. The number of benzene rings is 1. The van der Waals surface area contributed by atoms with Crippen LogP contribution < -0.4 is 9.62 Å². The van der Waals surface area contributed by atoms with Gasteiger partial charge in [-0.2, -0.15) is 13.2 Å². The van der Waals surface area contributed by atoms with Gasteiger partial charge in [0.1, 0.15) is 5.75 Å². The molecule has 0 atom stereocenters. The highest BCUT2D eigenvalue weighted by molar-refractivity contribution is 7.92. The van der Waals surface area contributed by atoms with E-state index in [2.05, 4.69) is 19.9 Å². The Bertz CT molecular complexity index is 1430. The molecule has 178 valence electrons. The van der Waals surface area contributed by atoms with Gasteiger partial charge in [0, 0.05) is 30.8 Å². The summed E-state index contributed by atoms with van der Waals surface area (Å²) in [7, 11) is -3.45. The third-order valence-corrected chi connectivity index (χ3v) is 6.35. The number of hydrogen-bond acceptors (Lipinski definition) is 7. The predicted molar refractivity (Wildman–Crippen MR) is 119 cm³/mol. The summed E-state index contributed by atoms with van der Waals surface area (Å²) < 4.78 is 66.1. The average molecular weight is 492 g/mol. The number of sulfonamides is 1. The molecule has 0 radical (unpaired) electrons. The molecule has 0 saturated heterocycles. The lowest BCUT2D eigenvalue weighted by atomic mass is 10.00. The summed E-state index contributed by atoms with van der Waals surface area (Å²) in [5.74, 6) is -0.922. The van der Waals surface area contributed by atoms with Gasteiger partial charge in [-0.15, -0.1) is 10.2 Å². The molecule has 0 fully saturated rings. The summed E-state index contributed by atoms with van der Waals surface area (Å²) in [6, 6.07) is 5.13. The lowest BCUT2D eigenvalue weighted by Gasteiger charge is -2.30. The summed E-state index contributed by atoms with van der Waals surface area (Å²) in [6.45, 7) is 0.250. The number of nitrogens with one attached hydrogen (secondary N) is 1. The van der Waals surface area contributed by atoms with Crippen LogP contribution in [-0.4, -0.2) is 46.1 Å². The number of aromatic nitrogens is 4. The van der Waals surface area contributed by atoms with Crippen LogP contribution in [0.15, 0.2) is 24.4 Å². The van der Waals surface area contributed by atoms with E-state index in [1.165, 1.54) is 6.20 Å². The van der Waals surface area contributed by atoms with Crippen LogP contribution >= 0.6 is 0 Å². The molecule has 0 spiro atoms. The van der Waals surface area contributed by atoms with Gasteiger partial charge in [0.15, 0.2) is 5.82 Å². The predicted octanol–water partition coefficient (Wildman–Crippen LogP) is 2.86. The highest BCUT2D eigenvalue weighted by Crippen LogP contribution is 2.38. The molecule has 34 heavy (non-hydrogen) atoms. The van der Waals surface area contributed by atoms with E-state index in [0.29, 0.717) is 22.6 Å². The molecule has 1 aliphatic heterocycles. The normalized spacial score (nSPS) is 15.4. The van der Waals surface area contributed by atoms with Crippen molar-refractivity contribution in [1.29, 1.82) is 0 Å². The molecule has 0 bridgehead atoms. The zero-order valence-corrected chi connectivity index (χ0v) is 18.7. The second kappa shape index (κ2) is 7.72. The van der Waals surface area contributed by atoms with E-state index < -0.39 is 22.0 Å². The summed E-state index contributed by atoms with van der Waals surface area (Å²) in [5, 5.41) is 18.1.